The van der Waals surface area contributed by atoms with Crippen molar-refractivity contribution >= 4 is 35.0 Å². The van der Waals surface area contributed by atoms with Gasteiger partial charge in [-0.15, -0.1) is 0 Å². The van der Waals surface area contributed by atoms with Crippen molar-refractivity contribution in [1.29, 1.82) is 0 Å². The predicted octanol–water partition coefficient (Wildman–Crippen LogP) is 4.32. The van der Waals surface area contributed by atoms with Crippen molar-refractivity contribution in [2.75, 3.05) is 16.8 Å². The van der Waals surface area contributed by atoms with Crippen LogP contribution < -0.4 is 15.0 Å². The molecule has 0 saturated carbocycles. The first-order valence-electron chi connectivity index (χ1n) is 12.2. The van der Waals surface area contributed by atoms with Gasteiger partial charge in [0.05, 0.1) is 23.4 Å². The number of ether oxygens (including phenoxy) is 1. The van der Waals surface area contributed by atoms with Gasteiger partial charge < -0.3 is 15.0 Å². The molecule has 0 fully saturated rings. The highest BCUT2D eigenvalue weighted by molar-refractivity contribution is 6.21. The van der Waals surface area contributed by atoms with E-state index in [4.69, 9.17) is 4.74 Å². The Labute approximate surface area is 214 Å². The fraction of sp³-hybridized carbons (Fsp3) is 0.241. The molecule has 0 bridgehead atoms. The summed E-state index contributed by atoms with van der Waals surface area (Å²) in [6, 6.07) is 19.9. The summed E-state index contributed by atoms with van der Waals surface area (Å²) in [7, 11) is 0. The fourth-order valence-corrected chi connectivity index (χ4v) is 4.59. The average molecular weight is 498 g/mol. The van der Waals surface area contributed by atoms with Crippen LogP contribution >= 0.6 is 0 Å². The Morgan fingerprint density at radius 2 is 1.59 bits per heavy atom. The van der Waals surface area contributed by atoms with Gasteiger partial charge in [0.25, 0.3) is 17.7 Å². The zero-order valence-corrected chi connectivity index (χ0v) is 20.7. The van der Waals surface area contributed by atoms with Crippen LogP contribution in [0.3, 0.4) is 0 Å². The van der Waals surface area contributed by atoms with E-state index >= 15 is 0 Å². The number of hydrogen-bond donors (Lipinski definition) is 1. The molecule has 2 aliphatic rings. The van der Waals surface area contributed by atoms with E-state index in [2.05, 4.69) is 5.32 Å². The largest absolute Gasteiger partial charge is 0.479 e. The monoisotopic (exact) mass is 497 g/mol. The van der Waals surface area contributed by atoms with Gasteiger partial charge in [-0.3, -0.25) is 24.1 Å². The Hall–Kier alpha value is -4.46. The van der Waals surface area contributed by atoms with Gasteiger partial charge in [0.2, 0.25) is 5.91 Å². The van der Waals surface area contributed by atoms with Crippen LogP contribution in [0, 0.1) is 6.92 Å². The molecule has 0 aliphatic carbocycles. The molecule has 1 unspecified atom stereocenters. The summed E-state index contributed by atoms with van der Waals surface area (Å²) in [4.78, 5) is 53.4. The Bertz CT molecular complexity index is 1360. The van der Waals surface area contributed by atoms with Crippen LogP contribution in [0.15, 0.2) is 66.7 Å². The van der Waals surface area contributed by atoms with E-state index in [1.165, 1.54) is 4.90 Å². The normalized spacial score (nSPS) is 16.4. The molecule has 3 aromatic carbocycles. The van der Waals surface area contributed by atoms with E-state index in [9.17, 15) is 19.2 Å². The van der Waals surface area contributed by atoms with E-state index in [-0.39, 0.29) is 36.6 Å². The van der Waals surface area contributed by atoms with E-state index in [0.29, 0.717) is 41.2 Å². The molecule has 0 radical (unpaired) electrons. The third-order valence-electron chi connectivity index (χ3n) is 6.58. The van der Waals surface area contributed by atoms with Gasteiger partial charge in [-0.05, 0) is 56.2 Å². The zero-order valence-electron chi connectivity index (χ0n) is 20.7. The molecule has 0 aromatic heterocycles. The summed E-state index contributed by atoms with van der Waals surface area (Å²) in [5, 5.41) is 2.85. The number of aryl methyl sites for hydroxylation is 1. The molecule has 1 N–H and O–H groups in total. The molecule has 188 valence electrons. The molecular formula is C29H27N3O5. The summed E-state index contributed by atoms with van der Waals surface area (Å²) >= 11 is 0. The maximum atomic E-state index is 12.9. The van der Waals surface area contributed by atoms with Crippen molar-refractivity contribution in [3.63, 3.8) is 0 Å². The number of amides is 4. The first-order valence-corrected chi connectivity index (χ1v) is 12.2. The maximum Gasteiger partial charge on any atom is 0.268 e. The first-order chi connectivity index (χ1) is 17.8. The van der Waals surface area contributed by atoms with Gasteiger partial charge in [0.1, 0.15) is 5.75 Å². The molecule has 1 atom stereocenters. The number of carbonyl (C=O) groups is 4. The number of anilines is 2. The molecule has 37 heavy (non-hydrogen) atoms. The molecular weight excluding hydrogens is 470 g/mol. The fourth-order valence-electron chi connectivity index (χ4n) is 4.59. The third kappa shape index (κ3) is 4.82. The minimum Gasteiger partial charge on any atom is -0.479 e. The van der Waals surface area contributed by atoms with Crippen LogP contribution in [0.4, 0.5) is 11.4 Å². The van der Waals surface area contributed by atoms with Crippen LogP contribution in [0.2, 0.25) is 0 Å². The second-order valence-corrected chi connectivity index (χ2v) is 9.31. The van der Waals surface area contributed by atoms with Crippen molar-refractivity contribution in [2.45, 2.75) is 39.3 Å². The van der Waals surface area contributed by atoms with Crippen molar-refractivity contribution < 1.29 is 23.9 Å². The van der Waals surface area contributed by atoms with Crippen molar-refractivity contribution in [3.05, 3.63) is 89.0 Å². The Morgan fingerprint density at radius 3 is 2.27 bits per heavy atom. The Morgan fingerprint density at radius 1 is 0.919 bits per heavy atom. The Kier molecular flexibility index (Phi) is 6.48. The summed E-state index contributed by atoms with van der Waals surface area (Å²) < 4.78 is 5.79. The van der Waals surface area contributed by atoms with Gasteiger partial charge in [0, 0.05) is 18.7 Å². The van der Waals surface area contributed by atoms with E-state index < -0.39 is 6.10 Å². The number of nitrogens with zero attached hydrogens (tertiary/aromatic N) is 2. The van der Waals surface area contributed by atoms with Crippen LogP contribution in [0.5, 0.6) is 5.75 Å². The second-order valence-electron chi connectivity index (χ2n) is 9.31. The molecule has 4 amide bonds. The van der Waals surface area contributed by atoms with E-state index in [1.807, 2.05) is 31.2 Å². The summed E-state index contributed by atoms with van der Waals surface area (Å²) in [6.07, 6.45) is -0.147. The lowest BCUT2D eigenvalue weighted by Crippen LogP contribution is -2.44. The number of nitrogens with one attached hydrogen (secondary N) is 1. The SMILES string of the molecule is Cc1ccc(CN2C(=O)C(C)Oc3ccc(NC(=O)CCCN4C(=O)c5ccccc5C4=O)cc32)cc1. The minimum absolute atomic E-state index is 0.129. The van der Waals surface area contributed by atoms with Crippen molar-refractivity contribution in [3.8, 4) is 5.75 Å². The Balaban J connectivity index is 1.23. The van der Waals surface area contributed by atoms with Crippen molar-refractivity contribution in [1.82, 2.24) is 4.90 Å². The first kappa shape index (κ1) is 24.2. The van der Waals surface area contributed by atoms with Crippen LogP contribution in [0.1, 0.15) is 51.6 Å². The second kappa shape index (κ2) is 9.89. The van der Waals surface area contributed by atoms with Gasteiger partial charge in [-0.25, -0.2) is 0 Å². The van der Waals surface area contributed by atoms with Gasteiger partial charge in [0.15, 0.2) is 6.10 Å². The predicted molar refractivity (Wildman–Crippen MR) is 139 cm³/mol. The summed E-state index contributed by atoms with van der Waals surface area (Å²) in [5.41, 5.74) is 4.04. The van der Waals surface area contributed by atoms with E-state index in [0.717, 1.165) is 11.1 Å². The molecule has 2 heterocycles. The van der Waals surface area contributed by atoms with Crippen LogP contribution in [-0.2, 0) is 16.1 Å². The smallest absolute Gasteiger partial charge is 0.268 e. The lowest BCUT2D eigenvalue weighted by atomic mass is 10.1. The number of carbonyl (C=O) groups excluding carboxylic acids is 4. The third-order valence-corrected chi connectivity index (χ3v) is 6.58. The number of fused-ring (bicyclic) bond motifs is 2. The number of hydrogen-bond acceptors (Lipinski definition) is 5. The van der Waals surface area contributed by atoms with E-state index in [1.54, 1.807) is 54.3 Å². The highest BCUT2D eigenvalue weighted by Crippen LogP contribution is 2.37. The van der Waals surface area contributed by atoms with Gasteiger partial charge in [-0.2, -0.15) is 0 Å². The van der Waals surface area contributed by atoms with Crippen LogP contribution in [-0.4, -0.2) is 41.2 Å². The van der Waals surface area contributed by atoms with Gasteiger partial charge in [-0.1, -0.05) is 42.0 Å². The quantitative estimate of drug-likeness (QED) is 0.491. The summed E-state index contributed by atoms with van der Waals surface area (Å²) in [6.45, 7) is 4.28. The lowest BCUT2D eigenvalue weighted by molar-refractivity contribution is -0.125. The maximum absolute atomic E-state index is 12.9. The molecule has 2 aliphatic heterocycles. The van der Waals surface area contributed by atoms with Crippen LogP contribution in [0.25, 0.3) is 0 Å². The highest BCUT2D eigenvalue weighted by atomic mass is 16.5. The topological polar surface area (TPSA) is 96.0 Å². The number of rotatable bonds is 7. The number of imide groups is 1. The highest BCUT2D eigenvalue weighted by Gasteiger charge is 2.35. The molecule has 3 aromatic rings. The van der Waals surface area contributed by atoms with Crippen molar-refractivity contribution in [2.24, 2.45) is 0 Å². The molecule has 5 rings (SSSR count). The standard InChI is InChI=1S/C29H27N3O5/c1-18-9-11-20(12-10-18)17-32-24-16-21(13-14-25(24)37-19(2)27(32)34)30-26(33)8-5-15-31-28(35)22-6-3-4-7-23(22)29(31)36/h3-4,6-7,9-14,16,19H,5,8,15,17H2,1-2H3,(H,30,33). The molecule has 0 saturated heterocycles. The van der Waals surface area contributed by atoms with Gasteiger partial charge >= 0.3 is 0 Å². The zero-order chi connectivity index (χ0) is 26.1. The molecule has 0 spiro atoms. The molecule has 8 nitrogen and oxygen atoms in total. The minimum atomic E-state index is -0.611. The lowest BCUT2D eigenvalue weighted by Gasteiger charge is -2.33. The molecule has 8 heteroatoms. The number of benzene rings is 3. The average Bonchev–Trinajstić information content (AvgIpc) is 3.13. The summed E-state index contributed by atoms with van der Waals surface area (Å²) in [5.74, 6) is -0.495.